The van der Waals surface area contributed by atoms with Crippen LogP contribution >= 0.6 is 0 Å². The van der Waals surface area contributed by atoms with E-state index in [2.05, 4.69) is 0 Å². The van der Waals surface area contributed by atoms with Crippen molar-refractivity contribution in [2.45, 2.75) is 19.4 Å². The Morgan fingerprint density at radius 3 is 1.67 bits per heavy atom. The van der Waals surface area contributed by atoms with Gasteiger partial charge in [0.1, 0.15) is 0 Å². The predicted molar refractivity (Wildman–Crippen MR) is 52.1 cm³/mol. The van der Waals surface area contributed by atoms with Crippen molar-refractivity contribution in [3.8, 4) is 0 Å². The molecular weight excluding hydrogens is 259 g/mol. The van der Waals surface area contributed by atoms with E-state index in [1.807, 2.05) is 0 Å². The fourth-order valence-corrected chi connectivity index (χ4v) is 1.53. The molecule has 0 bridgehead atoms. The van der Waals surface area contributed by atoms with Crippen LogP contribution in [0, 0.1) is 35.0 Å². The van der Waals surface area contributed by atoms with E-state index in [1.54, 1.807) is 0 Å². The zero-order chi connectivity index (χ0) is 14.0. The van der Waals surface area contributed by atoms with Gasteiger partial charge in [0.05, 0.1) is 11.7 Å². The maximum atomic E-state index is 13.3. The molecule has 0 fully saturated rings. The molecule has 0 saturated carbocycles. The Morgan fingerprint density at radius 2 is 1.28 bits per heavy atom. The highest BCUT2D eigenvalue weighted by molar-refractivity contribution is 5.26. The number of rotatable bonds is 4. The topological polar surface area (TPSA) is 40.5 Å². The van der Waals surface area contributed by atoms with Crippen LogP contribution in [-0.4, -0.2) is 16.8 Å². The molecule has 2 N–H and O–H groups in total. The molecule has 2 nitrogen and oxygen atoms in total. The molecule has 0 aliphatic rings. The van der Waals surface area contributed by atoms with Gasteiger partial charge < -0.3 is 10.2 Å². The van der Waals surface area contributed by atoms with E-state index in [-0.39, 0.29) is 13.0 Å². The minimum Gasteiger partial charge on any atom is -0.396 e. The first kappa shape index (κ1) is 14.8. The zero-order valence-electron chi connectivity index (χ0n) is 9.35. The zero-order valence-corrected chi connectivity index (χ0v) is 9.35. The van der Waals surface area contributed by atoms with Gasteiger partial charge in [-0.3, -0.25) is 0 Å². The van der Waals surface area contributed by atoms with Crippen molar-refractivity contribution >= 4 is 0 Å². The number of benzene rings is 1. The van der Waals surface area contributed by atoms with Gasteiger partial charge in [-0.05, 0) is 12.3 Å². The molecule has 1 aromatic carbocycles. The average Bonchev–Trinajstić information content (AvgIpc) is 2.34. The molecule has 0 aromatic heterocycles. The highest BCUT2D eigenvalue weighted by atomic mass is 19.2. The third-order valence-electron chi connectivity index (χ3n) is 2.66. The summed E-state index contributed by atoms with van der Waals surface area (Å²) in [6, 6.07) is 0. The highest BCUT2D eigenvalue weighted by Crippen LogP contribution is 2.32. The van der Waals surface area contributed by atoms with Gasteiger partial charge in [0.25, 0.3) is 0 Å². The predicted octanol–water partition coefficient (Wildman–Crippen LogP) is 2.43. The molecule has 0 radical (unpaired) electrons. The minimum absolute atomic E-state index is 0.0410. The van der Waals surface area contributed by atoms with Gasteiger partial charge in [-0.1, -0.05) is 6.92 Å². The molecule has 0 aliphatic carbocycles. The molecule has 0 saturated heterocycles. The van der Waals surface area contributed by atoms with Gasteiger partial charge in [-0.15, -0.1) is 0 Å². The lowest BCUT2D eigenvalue weighted by molar-refractivity contribution is 0.0899. The van der Waals surface area contributed by atoms with Crippen LogP contribution in [0.3, 0.4) is 0 Å². The quantitative estimate of drug-likeness (QED) is 0.501. The molecule has 0 amide bonds. The number of hydrogen-bond acceptors (Lipinski definition) is 2. The highest BCUT2D eigenvalue weighted by Gasteiger charge is 2.31. The Labute approximate surface area is 99.7 Å². The third kappa shape index (κ3) is 2.46. The molecule has 2 atom stereocenters. The van der Waals surface area contributed by atoms with Gasteiger partial charge in [0, 0.05) is 6.61 Å². The lowest BCUT2D eigenvalue weighted by Crippen LogP contribution is -2.17. The van der Waals surface area contributed by atoms with E-state index < -0.39 is 46.7 Å². The summed E-state index contributed by atoms with van der Waals surface area (Å²) in [5, 5.41) is 18.2. The van der Waals surface area contributed by atoms with Crippen LogP contribution in [0.25, 0.3) is 0 Å². The third-order valence-corrected chi connectivity index (χ3v) is 2.66. The molecule has 0 aliphatic heterocycles. The average molecular weight is 270 g/mol. The first-order valence-corrected chi connectivity index (χ1v) is 5.13. The van der Waals surface area contributed by atoms with Crippen molar-refractivity contribution in [3.05, 3.63) is 34.6 Å². The van der Waals surface area contributed by atoms with Crippen LogP contribution in [0.4, 0.5) is 22.0 Å². The van der Waals surface area contributed by atoms with Gasteiger partial charge in [0.2, 0.25) is 5.82 Å². The smallest absolute Gasteiger partial charge is 0.200 e. The van der Waals surface area contributed by atoms with E-state index in [1.165, 1.54) is 6.92 Å². The lowest BCUT2D eigenvalue weighted by Gasteiger charge is -2.20. The monoisotopic (exact) mass is 270 g/mol. The fraction of sp³-hybridized carbons (Fsp3) is 0.455. The summed E-state index contributed by atoms with van der Waals surface area (Å²) in [7, 11) is 0. The van der Waals surface area contributed by atoms with Crippen molar-refractivity contribution in [2.75, 3.05) is 6.61 Å². The molecule has 0 unspecified atom stereocenters. The molecule has 7 heteroatoms. The van der Waals surface area contributed by atoms with Crippen LogP contribution in [0.15, 0.2) is 0 Å². The first-order chi connectivity index (χ1) is 8.32. The van der Waals surface area contributed by atoms with Crippen molar-refractivity contribution in [1.82, 2.24) is 0 Å². The number of aliphatic hydroxyl groups excluding tert-OH is 2. The molecule has 18 heavy (non-hydrogen) atoms. The summed E-state index contributed by atoms with van der Waals surface area (Å²) < 4.78 is 65.2. The normalized spacial score (nSPS) is 14.7. The maximum absolute atomic E-state index is 13.3. The van der Waals surface area contributed by atoms with Crippen LogP contribution in [0.1, 0.15) is 25.0 Å². The summed E-state index contributed by atoms with van der Waals surface area (Å²) in [6.45, 7) is 0.937. The number of aliphatic hydroxyl groups is 2. The molecule has 1 rings (SSSR count). The van der Waals surface area contributed by atoms with Crippen LogP contribution in [0.2, 0.25) is 0 Å². The van der Waals surface area contributed by atoms with Crippen molar-refractivity contribution < 1.29 is 32.2 Å². The SMILES string of the molecule is C[C@@H](CCO)[C@@H](O)c1c(F)c(F)c(F)c(F)c1F. The summed E-state index contributed by atoms with van der Waals surface area (Å²) in [5.41, 5.74) is -1.27. The van der Waals surface area contributed by atoms with E-state index >= 15 is 0 Å². The van der Waals surface area contributed by atoms with Crippen LogP contribution in [0.5, 0.6) is 0 Å². The maximum Gasteiger partial charge on any atom is 0.200 e. The Morgan fingerprint density at radius 1 is 0.889 bits per heavy atom. The molecule has 102 valence electrons. The molecule has 0 spiro atoms. The second-order valence-corrected chi connectivity index (χ2v) is 3.92. The van der Waals surface area contributed by atoms with Crippen LogP contribution in [-0.2, 0) is 0 Å². The largest absolute Gasteiger partial charge is 0.396 e. The molecule has 1 aromatic rings. The van der Waals surface area contributed by atoms with Crippen LogP contribution < -0.4 is 0 Å². The van der Waals surface area contributed by atoms with Crippen molar-refractivity contribution in [3.63, 3.8) is 0 Å². The van der Waals surface area contributed by atoms with Gasteiger partial charge in [-0.25, -0.2) is 22.0 Å². The van der Waals surface area contributed by atoms with Gasteiger partial charge in [0.15, 0.2) is 23.3 Å². The molecule has 0 heterocycles. The fourth-order valence-electron chi connectivity index (χ4n) is 1.53. The number of hydrogen-bond donors (Lipinski definition) is 2. The summed E-state index contributed by atoms with van der Waals surface area (Å²) >= 11 is 0. The second kappa shape index (κ2) is 5.62. The Bertz CT molecular complexity index is 421. The summed E-state index contributed by atoms with van der Waals surface area (Å²) in [4.78, 5) is 0. The Kier molecular flexibility index (Phi) is 4.64. The van der Waals surface area contributed by atoms with Gasteiger partial charge >= 0.3 is 0 Å². The van der Waals surface area contributed by atoms with E-state index in [9.17, 15) is 27.1 Å². The van der Waals surface area contributed by atoms with E-state index in [0.29, 0.717) is 0 Å². The van der Waals surface area contributed by atoms with E-state index in [4.69, 9.17) is 5.11 Å². The second-order valence-electron chi connectivity index (χ2n) is 3.92. The van der Waals surface area contributed by atoms with Gasteiger partial charge in [-0.2, -0.15) is 0 Å². The summed E-state index contributed by atoms with van der Waals surface area (Å²) in [6.07, 6.45) is -1.93. The van der Waals surface area contributed by atoms with Crippen molar-refractivity contribution in [1.29, 1.82) is 0 Å². The van der Waals surface area contributed by atoms with Crippen molar-refractivity contribution in [2.24, 2.45) is 5.92 Å². The Hall–Kier alpha value is -1.21. The Balaban J connectivity index is 3.32. The minimum atomic E-state index is -2.27. The first-order valence-electron chi connectivity index (χ1n) is 5.13. The number of halogens is 5. The lowest BCUT2D eigenvalue weighted by atomic mass is 9.93. The van der Waals surface area contributed by atoms with E-state index in [0.717, 1.165) is 0 Å². The standard InChI is InChI=1S/C11H11F5O2/c1-4(2-3-17)11(18)5-6(12)8(14)10(16)9(15)7(5)13/h4,11,17-18H,2-3H2,1H3/t4-,11+/m0/s1. The summed E-state index contributed by atoms with van der Waals surface area (Å²) in [5.74, 6) is -11.4. The molecular formula is C11H11F5O2.